The number of ether oxygens (including phenoxy) is 1. The molecule has 4 heteroatoms. The summed E-state index contributed by atoms with van der Waals surface area (Å²) in [5.41, 5.74) is 0. The lowest BCUT2D eigenvalue weighted by Gasteiger charge is -2.07. The Balaban J connectivity index is 3.42. The van der Waals surface area contributed by atoms with E-state index in [1.54, 1.807) is 0 Å². The van der Waals surface area contributed by atoms with Crippen molar-refractivity contribution in [1.82, 2.24) is 0 Å². The highest BCUT2D eigenvalue weighted by molar-refractivity contribution is 5.85. The Morgan fingerprint density at radius 2 is 1.29 bits per heavy atom. The molecule has 0 radical (unpaired) electrons. The molecule has 1 atom stereocenters. The number of carbonyl (C=O) groups excluding carboxylic acids is 2. The molecule has 0 aliphatic heterocycles. The van der Waals surface area contributed by atoms with Crippen LogP contribution < -0.4 is 0 Å². The molecule has 1 N–H and O–H groups in total. The van der Waals surface area contributed by atoms with E-state index in [4.69, 9.17) is 4.74 Å². The van der Waals surface area contributed by atoms with E-state index in [1.165, 1.54) is 19.3 Å². The minimum absolute atomic E-state index is 0.189. The second-order valence-corrected chi connectivity index (χ2v) is 7.82. The lowest BCUT2D eigenvalue weighted by Crippen LogP contribution is -2.11. The molecule has 0 amide bonds. The van der Waals surface area contributed by atoms with E-state index in [-0.39, 0.29) is 18.0 Å². The van der Waals surface area contributed by atoms with Crippen LogP contribution in [0.15, 0.2) is 12.2 Å². The number of carbonyl (C=O) groups is 2. The van der Waals surface area contributed by atoms with Crippen LogP contribution in [0, 0.1) is 0 Å². The van der Waals surface area contributed by atoms with E-state index in [1.807, 2.05) is 0 Å². The van der Waals surface area contributed by atoms with E-state index < -0.39 is 0 Å². The second-order valence-electron chi connectivity index (χ2n) is 7.82. The zero-order chi connectivity index (χ0) is 20.9. The number of unbranched alkanes of at least 4 members (excludes halogenated alkanes) is 10. The number of aliphatic hydroxyl groups excluding tert-OH is 1. The quantitative estimate of drug-likeness (QED) is 0.115. The normalized spacial score (nSPS) is 12.4. The van der Waals surface area contributed by atoms with Crippen LogP contribution in [0.4, 0.5) is 0 Å². The first-order valence-electron chi connectivity index (χ1n) is 11.7. The topological polar surface area (TPSA) is 63.6 Å². The molecule has 0 aromatic rings. The first-order valence-corrected chi connectivity index (χ1v) is 11.7. The van der Waals surface area contributed by atoms with E-state index in [0.717, 1.165) is 77.0 Å². The van der Waals surface area contributed by atoms with Crippen LogP contribution in [-0.4, -0.2) is 23.1 Å². The number of allylic oxidation sites excluding steroid dienone is 1. The van der Waals surface area contributed by atoms with Gasteiger partial charge in [0.15, 0.2) is 0 Å². The fourth-order valence-corrected chi connectivity index (χ4v) is 3.11. The molecule has 0 fully saturated rings. The third kappa shape index (κ3) is 19.6. The SMILES string of the molecule is CCCCCCC(O)C/C=C\CCCCCCCC(=O)OC(=O)CCCCC. The summed E-state index contributed by atoms with van der Waals surface area (Å²) in [5.74, 6) is -0.756. The fraction of sp³-hybridized carbons (Fsp3) is 0.833. The number of aliphatic hydroxyl groups is 1. The summed E-state index contributed by atoms with van der Waals surface area (Å²) in [4.78, 5) is 23.0. The Bertz CT molecular complexity index is 403. The van der Waals surface area contributed by atoms with Gasteiger partial charge in [0.05, 0.1) is 6.10 Å². The summed E-state index contributed by atoms with van der Waals surface area (Å²) in [6.07, 6.45) is 20.4. The third-order valence-electron chi connectivity index (χ3n) is 4.93. The van der Waals surface area contributed by atoms with Gasteiger partial charge in [0.25, 0.3) is 0 Å². The van der Waals surface area contributed by atoms with Crippen molar-refractivity contribution < 1.29 is 19.4 Å². The first kappa shape index (κ1) is 26.8. The molecule has 4 nitrogen and oxygen atoms in total. The molecule has 0 heterocycles. The van der Waals surface area contributed by atoms with Gasteiger partial charge in [-0.05, 0) is 38.5 Å². The van der Waals surface area contributed by atoms with Gasteiger partial charge in [-0.15, -0.1) is 0 Å². The third-order valence-corrected chi connectivity index (χ3v) is 4.93. The summed E-state index contributed by atoms with van der Waals surface area (Å²) >= 11 is 0. The lowest BCUT2D eigenvalue weighted by molar-refractivity contribution is -0.159. The minimum Gasteiger partial charge on any atom is -0.393 e. The summed E-state index contributed by atoms with van der Waals surface area (Å²) in [5, 5.41) is 9.89. The second kappa shape index (κ2) is 20.6. The number of hydrogen-bond donors (Lipinski definition) is 1. The molecule has 1 unspecified atom stereocenters. The van der Waals surface area contributed by atoms with E-state index in [9.17, 15) is 14.7 Å². The van der Waals surface area contributed by atoms with E-state index >= 15 is 0 Å². The Hall–Kier alpha value is -1.16. The molecule has 0 saturated carbocycles. The number of rotatable bonds is 19. The molecular formula is C24H44O4. The van der Waals surface area contributed by atoms with Gasteiger partial charge in [0.1, 0.15) is 0 Å². The minimum atomic E-state index is -0.378. The Morgan fingerprint density at radius 3 is 1.96 bits per heavy atom. The average molecular weight is 397 g/mol. The predicted molar refractivity (Wildman–Crippen MR) is 116 cm³/mol. The highest BCUT2D eigenvalue weighted by Gasteiger charge is 2.09. The maximum absolute atomic E-state index is 11.6. The van der Waals surface area contributed by atoms with Crippen LogP contribution in [0.25, 0.3) is 0 Å². The van der Waals surface area contributed by atoms with Gasteiger partial charge >= 0.3 is 11.9 Å². The van der Waals surface area contributed by atoms with Crippen molar-refractivity contribution in [3.63, 3.8) is 0 Å². The summed E-state index contributed by atoms with van der Waals surface area (Å²) in [6, 6.07) is 0. The maximum Gasteiger partial charge on any atom is 0.313 e. The summed E-state index contributed by atoms with van der Waals surface area (Å²) in [7, 11) is 0. The number of esters is 2. The van der Waals surface area contributed by atoms with Crippen molar-refractivity contribution in [2.45, 2.75) is 129 Å². The van der Waals surface area contributed by atoms with Gasteiger partial charge in [-0.25, -0.2) is 0 Å². The maximum atomic E-state index is 11.6. The molecule has 0 aromatic heterocycles. The van der Waals surface area contributed by atoms with Gasteiger partial charge < -0.3 is 9.84 Å². The molecule has 0 bridgehead atoms. The number of hydrogen-bond acceptors (Lipinski definition) is 4. The molecule has 0 saturated heterocycles. The van der Waals surface area contributed by atoms with Crippen molar-refractivity contribution in [3.8, 4) is 0 Å². The molecule has 0 aliphatic carbocycles. The van der Waals surface area contributed by atoms with Crippen molar-refractivity contribution in [1.29, 1.82) is 0 Å². The zero-order valence-electron chi connectivity index (χ0n) is 18.4. The van der Waals surface area contributed by atoms with E-state index in [2.05, 4.69) is 26.0 Å². The monoisotopic (exact) mass is 396 g/mol. The van der Waals surface area contributed by atoms with Crippen LogP contribution in [0.1, 0.15) is 123 Å². The van der Waals surface area contributed by atoms with Gasteiger partial charge in [-0.1, -0.05) is 83.8 Å². The highest BCUT2D eigenvalue weighted by atomic mass is 16.6. The molecule has 28 heavy (non-hydrogen) atoms. The first-order chi connectivity index (χ1) is 13.6. The molecule has 164 valence electrons. The smallest absolute Gasteiger partial charge is 0.313 e. The van der Waals surface area contributed by atoms with Crippen molar-refractivity contribution in [2.75, 3.05) is 0 Å². The molecule has 0 spiro atoms. The fourth-order valence-electron chi connectivity index (χ4n) is 3.11. The Kier molecular flexibility index (Phi) is 19.7. The van der Waals surface area contributed by atoms with Crippen LogP contribution >= 0.6 is 0 Å². The molecule has 0 aliphatic rings. The largest absolute Gasteiger partial charge is 0.393 e. The average Bonchev–Trinajstić information content (AvgIpc) is 2.67. The van der Waals surface area contributed by atoms with Crippen LogP contribution in [0.3, 0.4) is 0 Å². The van der Waals surface area contributed by atoms with Crippen molar-refractivity contribution in [2.24, 2.45) is 0 Å². The summed E-state index contributed by atoms with van der Waals surface area (Å²) < 4.78 is 4.82. The summed E-state index contributed by atoms with van der Waals surface area (Å²) in [6.45, 7) is 4.28. The van der Waals surface area contributed by atoms with Gasteiger partial charge in [-0.3, -0.25) is 9.59 Å². The predicted octanol–water partition coefficient (Wildman–Crippen LogP) is 6.64. The Labute approximate surface area is 173 Å². The zero-order valence-corrected chi connectivity index (χ0v) is 18.4. The van der Waals surface area contributed by atoms with Crippen LogP contribution in [-0.2, 0) is 14.3 Å². The van der Waals surface area contributed by atoms with E-state index in [0.29, 0.717) is 12.8 Å². The van der Waals surface area contributed by atoms with Gasteiger partial charge in [-0.2, -0.15) is 0 Å². The highest BCUT2D eigenvalue weighted by Crippen LogP contribution is 2.11. The van der Waals surface area contributed by atoms with Crippen LogP contribution in [0.5, 0.6) is 0 Å². The lowest BCUT2D eigenvalue weighted by atomic mass is 10.1. The Morgan fingerprint density at radius 1 is 0.750 bits per heavy atom. The standard InChI is InChI=1S/C24H44O4/c1-3-5-7-15-18-22(25)19-16-12-10-8-9-11-13-17-21-24(27)28-23(26)20-14-6-4-2/h12,16,22,25H,3-11,13-15,17-21H2,1-2H3/b16-12-. The molecular weight excluding hydrogens is 352 g/mol. The van der Waals surface area contributed by atoms with Gasteiger partial charge in [0.2, 0.25) is 0 Å². The van der Waals surface area contributed by atoms with Crippen molar-refractivity contribution >= 4 is 11.9 Å². The molecule has 0 aromatic carbocycles. The van der Waals surface area contributed by atoms with Crippen molar-refractivity contribution in [3.05, 3.63) is 12.2 Å². The van der Waals surface area contributed by atoms with Gasteiger partial charge in [0, 0.05) is 12.8 Å². The molecule has 0 rings (SSSR count). The van der Waals surface area contributed by atoms with Crippen LogP contribution in [0.2, 0.25) is 0 Å².